The summed E-state index contributed by atoms with van der Waals surface area (Å²) in [6.07, 6.45) is 0. The number of nitrogens with zero attached hydrogens (tertiary/aromatic N) is 1. The number of aryl methyl sites for hydroxylation is 3. The van der Waals surface area contributed by atoms with Crippen molar-refractivity contribution in [2.45, 2.75) is 27.3 Å². The highest BCUT2D eigenvalue weighted by Crippen LogP contribution is 2.37. The van der Waals surface area contributed by atoms with E-state index in [0.717, 1.165) is 17.9 Å². The van der Waals surface area contributed by atoms with Gasteiger partial charge < -0.3 is 5.32 Å². The van der Waals surface area contributed by atoms with Crippen LogP contribution < -0.4 is 5.32 Å². The SMILES string of the molecule is Cc1cc(C)c2c(c1)-c1n[nH]c(C)c1CN2. The van der Waals surface area contributed by atoms with Crippen molar-refractivity contribution in [3.63, 3.8) is 0 Å². The van der Waals surface area contributed by atoms with Crippen molar-refractivity contribution < 1.29 is 0 Å². The van der Waals surface area contributed by atoms with E-state index in [0.29, 0.717) is 0 Å². The highest BCUT2D eigenvalue weighted by Gasteiger charge is 2.21. The molecule has 0 saturated heterocycles. The van der Waals surface area contributed by atoms with E-state index in [4.69, 9.17) is 0 Å². The maximum Gasteiger partial charge on any atom is 0.0994 e. The summed E-state index contributed by atoms with van der Waals surface area (Å²) >= 11 is 0. The van der Waals surface area contributed by atoms with E-state index >= 15 is 0 Å². The summed E-state index contributed by atoms with van der Waals surface area (Å²) in [6.45, 7) is 7.21. The third-order valence-electron chi connectivity index (χ3n) is 3.25. The van der Waals surface area contributed by atoms with Crippen molar-refractivity contribution >= 4 is 5.69 Å². The molecule has 3 heteroatoms. The van der Waals surface area contributed by atoms with Crippen LogP contribution in [0.2, 0.25) is 0 Å². The summed E-state index contributed by atoms with van der Waals surface area (Å²) in [5.41, 5.74) is 8.59. The van der Waals surface area contributed by atoms with Crippen LogP contribution in [0.15, 0.2) is 12.1 Å². The molecule has 0 fully saturated rings. The van der Waals surface area contributed by atoms with Gasteiger partial charge in [-0.1, -0.05) is 11.6 Å². The minimum absolute atomic E-state index is 0.870. The average Bonchev–Trinajstić information content (AvgIpc) is 2.60. The van der Waals surface area contributed by atoms with Crippen molar-refractivity contribution in [3.8, 4) is 11.3 Å². The highest BCUT2D eigenvalue weighted by molar-refractivity contribution is 5.83. The molecule has 2 heterocycles. The van der Waals surface area contributed by atoms with E-state index in [-0.39, 0.29) is 0 Å². The lowest BCUT2D eigenvalue weighted by atomic mass is 9.95. The maximum absolute atomic E-state index is 4.41. The van der Waals surface area contributed by atoms with Crippen LogP contribution in [0.25, 0.3) is 11.3 Å². The van der Waals surface area contributed by atoms with Crippen molar-refractivity contribution in [3.05, 3.63) is 34.5 Å². The Kier molecular flexibility index (Phi) is 1.84. The first kappa shape index (κ1) is 9.46. The molecule has 0 saturated carbocycles. The second-order valence-corrected chi connectivity index (χ2v) is 4.53. The van der Waals surface area contributed by atoms with Gasteiger partial charge >= 0.3 is 0 Å². The number of benzene rings is 1. The van der Waals surface area contributed by atoms with E-state index in [1.54, 1.807) is 0 Å². The van der Waals surface area contributed by atoms with Crippen LogP contribution in [-0.2, 0) is 6.54 Å². The molecule has 0 radical (unpaired) electrons. The molecule has 1 aliphatic rings. The molecule has 3 nitrogen and oxygen atoms in total. The van der Waals surface area contributed by atoms with Crippen LogP contribution in [-0.4, -0.2) is 10.2 Å². The van der Waals surface area contributed by atoms with E-state index < -0.39 is 0 Å². The number of fused-ring (bicyclic) bond motifs is 3. The van der Waals surface area contributed by atoms with Crippen molar-refractivity contribution in [1.82, 2.24) is 10.2 Å². The zero-order valence-corrected chi connectivity index (χ0v) is 9.81. The van der Waals surface area contributed by atoms with Gasteiger partial charge in [-0.15, -0.1) is 0 Å². The van der Waals surface area contributed by atoms with Crippen LogP contribution in [0, 0.1) is 20.8 Å². The summed E-state index contributed by atoms with van der Waals surface area (Å²) in [5.74, 6) is 0. The minimum Gasteiger partial charge on any atom is -0.380 e. The third-order valence-corrected chi connectivity index (χ3v) is 3.25. The van der Waals surface area contributed by atoms with E-state index in [2.05, 4.69) is 48.4 Å². The first-order valence-corrected chi connectivity index (χ1v) is 5.56. The molecule has 2 aromatic rings. The quantitative estimate of drug-likeness (QED) is 0.706. The number of hydrogen-bond donors (Lipinski definition) is 2. The van der Waals surface area contributed by atoms with Crippen molar-refractivity contribution in [1.29, 1.82) is 0 Å². The fourth-order valence-electron chi connectivity index (χ4n) is 2.46. The number of aromatic amines is 1. The van der Waals surface area contributed by atoms with Crippen LogP contribution in [0.3, 0.4) is 0 Å². The predicted octanol–water partition coefficient (Wildman–Crippen LogP) is 2.93. The maximum atomic E-state index is 4.41. The topological polar surface area (TPSA) is 40.7 Å². The van der Waals surface area contributed by atoms with Gasteiger partial charge in [0, 0.05) is 29.1 Å². The average molecular weight is 213 g/mol. The zero-order valence-electron chi connectivity index (χ0n) is 9.81. The molecule has 0 unspecified atom stereocenters. The Morgan fingerprint density at radius 1 is 1.19 bits per heavy atom. The van der Waals surface area contributed by atoms with Crippen LogP contribution in [0.4, 0.5) is 5.69 Å². The Hall–Kier alpha value is -1.77. The number of anilines is 1. The van der Waals surface area contributed by atoms with E-state index in [9.17, 15) is 0 Å². The van der Waals surface area contributed by atoms with Gasteiger partial charge in [0.25, 0.3) is 0 Å². The summed E-state index contributed by atoms with van der Waals surface area (Å²) in [6, 6.07) is 4.41. The molecule has 1 aromatic carbocycles. The normalized spacial score (nSPS) is 12.9. The van der Waals surface area contributed by atoms with E-state index in [1.807, 2.05) is 0 Å². The number of H-pyrrole nitrogens is 1. The molecule has 2 N–H and O–H groups in total. The predicted molar refractivity (Wildman–Crippen MR) is 65.6 cm³/mol. The molecule has 1 aliphatic heterocycles. The van der Waals surface area contributed by atoms with Gasteiger partial charge in [-0.3, -0.25) is 5.10 Å². The largest absolute Gasteiger partial charge is 0.380 e. The first-order chi connectivity index (χ1) is 7.66. The highest BCUT2D eigenvalue weighted by atomic mass is 15.1. The molecule has 0 spiro atoms. The molecule has 0 atom stereocenters. The van der Waals surface area contributed by atoms with Crippen LogP contribution in [0.5, 0.6) is 0 Å². The monoisotopic (exact) mass is 213 g/mol. The molecule has 1 aromatic heterocycles. The number of hydrogen-bond acceptors (Lipinski definition) is 2. The minimum atomic E-state index is 0.870. The second-order valence-electron chi connectivity index (χ2n) is 4.53. The molecule has 0 aliphatic carbocycles. The van der Waals surface area contributed by atoms with Gasteiger partial charge in [-0.25, -0.2) is 0 Å². The number of aromatic nitrogens is 2. The molecule has 16 heavy (non-hydrogen) atoms. The Labute approximate surface area is 94.9 Å². The lowest BCUT2D eigenvalue weighted by Gasteiger charge is -2.20. The lowest BCUT2D eigenvalue weighted by molar-refractivity contribution is 1.05. The zero-order chi connectivity index (χ0) is 11.3. The summed E-state index contributed by atoms with van der Waals surface area (Å²) in [4.78, 5) is 0. The van der Waals surface area contributed by atoms with Gasteiger partial charge in [0.1, 0.15) is 0 Å². The number of nitrogens with one attached hydrogen (secondary N) is 2. The Bertz CT molecular complexity index is 567. The van der Waals surface area contributed by atoms with Crippen LogP contribution in [0.1, 0.15) is 22.4 Å². The van der Waals surface area contributed by atoms with Gasteiger partial charge in [-0.05, 0) is 32.4 Å². The summed E-state index contributed by atoms with van der Waals surface area (Å²) < 4.78 is 0. The standard InChI is InChI=1S/C13H15N3/c1-7-4-8(2)12-10(5-7)13-11(6-14-12)9(3)15-16-13/h4-5,14H,6H2,1-3H3,(H,15,16). The lowest BCUT2D eigenvalue weighted by Crippen LogP contribution is -2.10. The van der Waals surface area contributed by atoms with Crippen molar-refractivity contribution in [2.24, 2.45) is 0 Å². The van der Waals surface area contributed by atoms with Gasteiger partial charge in [0.05, 0.1) is 5.69 Å². The fraction of sp³-hybridized carbons (Fsp3) is 0.308. The summed E-state index contributed by atoms with van der Waals surface area (Å²) in [7, 11) is 0. The molecule has 82 valence electrons. The van der Waals surface area contributed by atoms with Crippen molar-refractivity contribution in [2.75, 3.05) is 5.32 Å². The number of rotatable bonds is 0. The summed E-state index contributed by atoms with van der Waals surface area (Å²) in [5, 5.41) is 11.0. The van der Waals surface area contributed by atoms with Crippen LogP contribution >= 0.6 is 0 Å². The smallest absolute Gasteiger partial charge is 0.0994 e. The Morgan fingerprint density at radius 2 is 2.00 bits per heavy atom. The third kappa shape index (κ3) is 1.18. The fourth-order valence-corrected chi connectivity index (χ4v) is 2.46. The van der Waals surface area contributed by atoms with E-state index in [1.165, 1.54) is 27.9 Å². The molecular formula is C13H15N3. The first-order valence-electron chi connectivity index (χ1n) is 5.56. The van der Waals surface area contributed by atoms with Gasteiger partial charge in [0.15, 0.2) is 0 Å². The molecule has 0 bridgehead atoms. The molecule has 3 rings (SSSR count). The van der Waals surface area contributed by atoms with Gasteiger partial charge in [0.2, 0.25) is 0 Å². The second kappa shape index (κ2) is 3.11. The van der Waals surface area contributed by atoms with Gasteiger partial charge in [-0.2, -0.15) is 5.10 Å². The molecule has 0 amide bonds. The Balaban J connectivity index is 2.31. The Morgan fingerprint density at radius 3 is 2.81 bits per heavy atom. The molecular weight excluding hydrogens is 198 g/mol.